The van der Waals surface area contributed by atoms with Crippen LogP contribution in [0.15, 0.2) is 0 Å². The lowest BCUT2D eigenvalue weighted by atomic mass is 9.97. The Balaban J connectivity index is 1.01. The van der Waals surface area contributed by atoms with E-state index in [2.05, 4.69) is 0 Å². The summed E-state index contributed by atoms with van der Waals surface area (Å²) in [4.78, 5) is 0. The Kier molecular flexibility index (Phi) is 20.9. The monoisotopic (exact) mass is 1030 g/mol. The van der Waals surface area contributed by atoms with Crippen molar-refractivity contribution in [3.8, 4) is 0 Å². The lowest BCUT2D eigenvalue weighted by Gasteiger charge is -2.45. The van der Waals surface area contributed by atoms with Gasteiger partial charge in [-0.1, -0.05) is 6.92 Å². The van der Waals surface area contributed by atoms with Crippen LogP contribution in [0.1, 0.15) is 6.92 Å². The summed E-state index contributed by atoms with van der Waals surface area (Å²) < 4.78 is 60.9. The minimum Gasteiger partial charge on any atom is -0.394 e. The Labute approximate surface area is 396 Å². The van der Waals surface area contributed by atoms with Gasteiger partial charge >= 0.3 is 0 Å². The highest BCUT2D eigenvalue weighted by Crippen LogP contribution is 2.33. The molecule has 6 saturated heterocycles. The zero-order valence-electron chi connectivity index (χ0n) is 36.7. The van der Waals surface area contributed by atoms with E-state index < -0.39 is 223 Å². The van der Waals surface area contributed by atoms with Crippen LogP contribution in [0.25, 0.3) is 0 Å². The summed E-state index contributed by atoms with van der Waals surface area (Å²) in [6.45, 7) is -2.51. The SMILES string of the molecule is CCSC1O[C@H](CO[C@@H]2O[C@H](CO[C@@H]3O[C@H](CO[C@@H]4O[C@H](COC5OC(CO[C@@H]6O[C@H](CO)C(O)[C@H](O)C6O)[C@@H](O)C(O)[C@H]5O)[C@@H](O)[C@H](O)C4O)[C@@H](O)C(O)[C@H]3O)C(O)[C@H](O)C2O)[C@@H](O)C(O)[C@H]1O. The minimum atomic E-state index is -2.00. The van der Waals surface area contributed by atoms with Crippen LogP contribution in [0.3, 0.4) is 0 Å². The molecule has 30 atom stereocenters. The van der Waals surface area contributed by atoms with Crippen molar-refractivity contribution in [3.63, 3.8) is 0 Å². The molecule has 0 amide bonds. The molecule has 0 spiro atoms. The Morgan fingerprint density at radius 3 is 0.754 bits per heavy atom. The van der Waals surface area contributed by atoms with Crippen molar-refractivity contribution in [2.75, 3.05) is 45.4 Å². The highest BCUT2D eigenvalue weighted by molar-refractivity contribution is 7.99. The van der Waals surface area contributed by atoms with Crippen LogP contribution in [0, 0.1) is 0 Å². The minimum absolute atomic E-state index is 0.484. The predicted molar refractivity (Wildman–Crippen MR) is 215 cm³/mol. The van der Waals surface area contributed by atoms with E-state index in [1.807, 2.05) is 0 Å². The molecule has 0 saturated carbocycles. The van der Waals surface area contributed by atoms with Gasteiger partial charge in [-0.05, 0) is 5.75 Å². The standard InChI is InChI=1S/C38H66O30S/c1-2-69-38-32(57)26(51)20(45)14(68-38)8-62-37-31(56)25(50)19(44)13(67-37)7-61-36-30(55)24(49)18(43)12(66-36)6-60-35-29(54)23(48)17(42)11(65-35)5-59-34-28(53)22(47)16(41)10(64-34)4-58-33-27(52)21(46)15(40)9(3-39)63-33/h9-57H,2-8H2,1H3/t9-,10?,11-,12-,13-,14-,15?,16-,17-,18-,19?,20-,21+,22?,23+,24?,25+,26?,27?,28-,29?,30-,31?,32-,33-,34?,35-,36-,37-,38?/m1/s1. The van der Waals surface area contributed by atoms with Crippen molar-refractivity contribution < 1.29 is 149 Å². The van der Waals surface area contributed by atoms with E-state index in [1.54, 1.807) is 6.92 Å². The zero-order valence-corrected chi connectivity index (χ0v) is 37.5. The summed E-state index contributed by atoms with van der Waals surface area (Å²) in [5.74, 6) is 0.484. The van der Waals surface area contributed by atoms with Gasteiger partial charge in [-0.25, -0.2) is 0 Å². The van der Waals surface area contributed by atoms with Crippen molar-refractivity contribution in [2.45, 2.75) is 190 Å². The third-order valence-corrected chi connectivity index (χ3v) is 13.7. The van der Waals surface area contributed by atoms with E-state index >= 15 is 0 Å². The van der Waals surface area contributed by atoms with E-state index in [0.717, 1.165) is 11.8 Å². The molecule has 11 unspecified atom stereocenters. The first-order valence-electron chi connectivity index (χ1n) is 22.1. The Morgan fingerprint density at radius 1 is 0.290 bits per heavy atom. The molecule has 0 aromatic rings. The topological polar surface area (TPSA) is 486 Å². The fraction of sp³-hybridized carbons (Fsp3) is 1.00. The van der Waals surface area contributed by atoms with E-state index in [4.69, 9.17) is 52.1 Å². The van der Waals surface area contributed by atoms with Crippen molar-refractivity contribution in [2.24, 2.45) is 0 Å². The van der Waals surface area contributed by atoms with Crippen molar-refractivity contribution in [3.05, 3.63) is 0 Å². The molecule has 0 aromatic carbocycles. The number of aliphatic hydroxyl groups excluding tert-OH is 19. The van der Waals surface area contributed by atoms with Crippen LogP contribution in [0.5, 0.6) is 0 Å². The molecule has 404 valence electrons. The van der Waals surface area contributed by atoms with Gasteiger partial charge in [0.05, 0.1) is 39.6 Å². The number of hydrogen-bond acceptors (Lipinski definition) is 31. The Hall–Kier alpha value is -0.850. The van der Waals surface area contributed by atoms with E-state index in [9.17, 15) is 97.0 Å². The fourth-order valence-electron chi connectivity index (χ4n) is 8.28. The number of ether oxygens (including phenoxy) is 11. The number of rotatable bonds is 18. The van der Waals surface area contributed by atoms with Crippen LogP contribution in [-0.4, -0.2) is 326 Å². The lowest BCUT2D eigenvalue weighted by Crippen LogP contribution is -2.63. The molecular formula is C38H66O30S. The normalized spacial score (nSPS) is 52.2. The summed E-state index contributed by atoms with van der Waals surface area (Å²) in [6.07, 6.45) is -50.7. The smallest absolute Gasteiger partial charge is 0.186 e. The molecule has 19 N–H and O–H groups in total. The average Bonchev–Trinajstić information content (AvgIpc) is 3.33. The van der Waals surface area contributed by atoms with Gasteiger partial charge in [-0.15, -0.1) is 11.8 Å². The summed E-state index contributed by atoms with van der Waals surface area (Å²) in [6, 6.07) is 0. The molecule has 0 radical (unpaired) electrons. The maximum absolute atomic E-state index is 10.8. The fourth-order valence-corrected chi connectivity index (χ4v) is 9.19. The van der Waals surface area contributed by atoms with Gasteiger partial charge in [0.15, 0.2) is 31.5 Å². The molecule has 6 rings (SSSR count). The van der Waals surface area contributed by atoms with Crippen molar-refractivity contribution >= 4 is 11.8 Å². The summed E-state index contributed by atoms with van der Waals surface area (Å²) in [5.41, 5.74) is -0.940. The molecular weight excluding hydrogens is 968 g/mol. The van der Waals surface area contributed by atoms with E-state index in [1.165, 1.54) is 0 Å². The third kappa shape index (κ3) is 12.8. The van der Waals surface area contributed by atoms with Crippen LogP contribution in [0.2, 0.25) is 0 Å². The van der Waals surface area contributed by atoms with Crippen LogP contribution in [0.4, 0.5) is 0 Å². The first-order valence-corrected chi connectivity index (χ1v) is 23.1. The summed E-state index contributed by atoms with van der Waals surface area (Å²) >= 11 is 1.14. The second-order valence-corrected chi connectivity index (χ2v) is 18.8. The molecule has 31 heteroatoms. The van der Waals surface area contributed by atoms with Gasteiger partial charge in [0.1, 0.15) is 152 Å². The number of hydrogen-bond donors (Lipinski definition) is 19. The van der Waals surface area contributed by atoms with Gasteiger partial charge in [-0.3, -0.25) is 0 Å². The predicted octanol–water partition coefficient (Wildman–Crippen LogP) is -12.3. The average molecular weight is 1030 g/mol. The van der Waals surface area contributed by atoms with Crippen LogP contribution >= 0.6 is 11.8 Å². The molecule has 0 aromatic heterocycles. The van der Waals surface area contributed by atoms with Gasteiger partial charge in [0.2, 0.25) is 0 Å². The van der Waals surface area contributed by atoms with Gasteiger partial charge in [-0.2, -0.15) is 0 Å². The first-order chi connectivity index (χ1) is 32.6. The van der Waals surface area contributed by atoms with Gasteiger partial charge in [0.25, 0.3) is 0 Å². The van der Waals surface area contributed by atoms with Gasteiger partial charge in [0, 0.05) is 0 Å². The van der Waals surface area contributed by atoms with E-state index in [-0.39, 0.29) is 0 Å². The molecule has 6 fully saturated rings. The second-order valence-electron chi connectivity index (χ2n) is 17.4. The largest absolute Gasteiger partial charge is 0.394 e. The molecule has 30 nitrogen and oxygen atoms in total. The Bertz CT molecular complexity index is 1550. The molecule has 0 aliphatic carbocycles. The molecule has 6 heterocycles. The highest BCUT2D eigenvalue weighted by Gasteiger charge is 2.52. The van der Waals surface area contributed by atoms with Crippen molar-refractivity contribution in [1.29, 1.82) is 0 Å². The second kappa shape index (κ2) is 25.1. The molecule has 6 aliphatic heterocycles. The summed E-state index contributed by atoms with van der Waals surface area (Å²) in [5, 5.41) is 199. The number of aliphatic hydroxyl groups is 19. The molecule has 6 aliphatic rings. The summed E-state index contributed by atoms with van der Waals surface area (Å²) in [7, 11) is 0. The maximum Gasteiger partial charge on any atom is 0.186 e. The molecule has 69 heavy (non-hydrogen) atoms. The quantitative estimate of drug-likeness (QED) is 0.0606. The maximum atomic E-state index is 10.8. The zero-order chi connectivity index (χ0) is 50.8. The van der Waals surface area contributed by atoms with Gasteiger partial charge < -0.3 is 149 Å². The highest BCUT2D eigenvalue weighted by atomic mass is 32.2. The first kappa shape index (κ1) is 57.4. The van der Waals surface area contributed by atoms with Crippen LogP contribution < -0.4 is 0 Å². The van der Waals surface area contributed by atoms with Crippen molar-refractivity contribution in [1.82, 2.24) is 0 Å². The number of thioether (sulfide) groups is 1. The lowest BCUT2D eigenvalue weighted by molar-refractivity contribution is -0.351. The van der Waals surface area contributed by atoms with Crippen LogP contribution in [-0.2, 0) is 52.1 Å². The molecule has 0 bridgehead atoms. The Morgan fingerprint density at radius 2 is 0.507 bits per heavy atom. The van der Waals surface area contributed by atoms with E-state index in [0.29, 0.717) is 5.75 Å². The third-order valence-electron chi connectivity index (χ3n) is 12.6.